The van der Waals surface area contributed by atoms with Gasteiger partial charge in [0.2, 0.25) is 30.1 Å². The van der Waals surface area contributed by atoms with Crippen molar-refractivity contribution < 1.29 is 42.1 Å². The second kappa shape index (κ2) is 19.0. The van der Waals surface area contributed by atoms with Crippen LogP contribution in [0.25, 0.3) is 0 Å². The topological polar surface area (TPSA) is 187 Å². The molecule has 1 aliphatic heterocycles. The molecule has 20 heteroatoms. The molecule has 1 aliphatic rings. The van der Waals surface area contributed by atoms with E-state index >= 15 is 0 Å². The number of benzene rings is 5. The number of aryl methyl sites for hydroxylation is 5. The van der Waals surface area contributed by atoms with Gasteiger partial charge in [-0.05, 0) is 95.3 Å². The predicted octanol–water partition coefficient (Wildman–Crippen LogP) is 4.91. The molecule has 5 aromatic rings. The molecule has 338 valence electrons. The van der Waals surface area contributed by atoms with E-state index in [0.29, 0.717) is 20.0 Å². The van der Waals surface area contributed by atoms with Crippen LogP contribution in [0.1, 0.15) is 27.8 Å². The van der Waals surface area contributed by atoms with Crippen molar-refractivity contribution in [2.24, 2.45) is 0 Å². The molecule has 0 spiro atoms. The average molecular weight is 958 g/mol. The summed E-state index contributed by atoms with van der Waals surface area (Å²) in [6, 6.07) is 29.1. The third-order valence-electron chi connectivity index (χ3n) is 10.7. The van der Waals surface area contributed by atoms with Crippen LogP contribution in [0, 0.1) is 34.6 Å². The van der Waals surface area contributed by atoms with Crippen LogP contribution in [0.15, 0.2) is 146 Å². The Morgan fingerprint density at radius 1 is 0.254 bits per heavy atom. The highest BCUT2D eigenvalue weighted by atomic mass is 32.2. The zero-order valence-corrected chi connectivity index (χ0v) is 39.6. The molecule has 0 aromatic heterocycles. The van der Waals surface area contributed by atoms with Gasteiger partial charge in [0.1, 0.15) is 0 Å². The van der Waals surface area contributed by atoms with Crippen molar-refractivity contribution in [2.75, 3.05) is 52.4 Å². The van der Waals surface area contributed by atoms with Gasteiger partial charge < -0.3 is 0 Å². The van der Waals surface area contributed by atoms with Crippen LogP contribution >= 0.6 is 0 Å². The summed E-state index contributed by atoms with van der Waals surface area (Å²) in [6.45, 7) is 3.87. The summed E-state index contributed by atoms with van der Waals surface area (Å²) in [5.41, 5.74) is 3.71. The highest BCUT2D eigenvalue weighted by Gasteiger charge is 2.41. The molecule has 0 amide bonds. The fraction of sp³-hybridized carbons (Fsp3) is 0.302. The van der Waals surface area contributed by atoms with Crippen LogP contribution in [0.5, 0.6) is 0 Å². The minimum absolute atomic E-state index is 0.121. The first-order valence-electron chi connectivity index (χ1n) is 19.9. The molecule has 0 unspecified atom stereocenters. The molecule has 1 heterocycles. The van der Waals surface area contributed by atoms with E-state index in [1.54, 1.807) is 71.0 Å². The lowest BCUT2D eigenvalue weighted by molar-refractivity contribution is 0.147. The number of hydrogen-bond donors (Lipinski definition) is 0. The van der Waals surface area contributed by atoms with E-state index in [2.05, 4.69) is 0 Å². The minimum Gasteiger partial charge on any atom is -0.207 e. The molecular formula is C43H51N5O10S5. The Kier molecular flexibility index (Phi) is 14.5. The molecule has 0 saturated carbocycles. The van der Waals surface area contributed by atoms with E-state index in [0.717, 1.165) is 29.6 Å². The summed E-state index contributed by atoms with van der Waals surface area (Å²) in [5.74, 6) is 0. The lowest BCUT2D eigenvalue weighted by Gasteiger charge is -2.35. The van der Waals surface area contributed by atoms with Gasteiger partial charge in [-0.3, -0.25) is 0 Å². The predicted molar refractivity (Wildman–Crippen MR) is 240 cm³/mol. The Hall–Kier alpha value is -4.35. The Labute approximate surface area is 372 Å². The largest absolute Gasteiger partial charge is 0.256 e. The van der Waals surface area contributed by atoms with E-state index in [-0.39, 0.29) is 24.5 Å². The Morgan fingerprint density at radius 2 is 0.413 bits per heavy atom. The number of hydrazine groups is 1. The van der Waals surface area contributed by atoms with E-state index in [4.69, 9.17) is 0 Å². The number of rotatable bonds is 10. The fourth-order valence-corrected chi connectivity index (χ4v) is 14.4. The fourth-order valence-electron chi connectivity index (χ4n) is 6.84. The first-order valence-corrected chi connectivity index (χ1v) is 27.1. The monoisotopic (exact) mass is 957 g/mol. The Bertz CT molecular complexity index is 2800. The summed E-state index contributed by atoms with van der Waals surface area (Å²) in [6.07, 6.45) is 0. The molecule has 15 nitrogen and oxygen atoms in total. The van der Waals surface area contributed by atoms with Crippen molar-refractivity contribution >= 4 is 50.1 Å². The van der Waals surface area contributed by atoms with Crippen LogP contribution in [0.2, 0.25) is 0 Å². The van der Waals surface area contributed by atoms with Crippen LogP contribution in [-0.4, -0.2) is 116 Å². The molecule has 63 heavy (non-hydrogen) atoms. The highest BCUT2D eigenvalue weighted by molar-refractivity contribution is 7.92. The molecule has 6 rings (SSSR count). The van der Waals surface area contributed by atoms with Gasteiger partial charge in [-0.1, -0.05) is 88.5 Å². The summed E-state index contributed by atoms with van der Waals surface area (Å²) in [4.78, 5) is -1.08. The molecule has 5 aromatic carbocycles. The molecule has 0 N–H and O–H groups in total. The normalized spacial score (nSPS) is 17.1. The molecule has 0 radical (unpaired) electrons. The van der Waals surface area contributed by atoms with Gasteiger partial charge in [0.15, 0.2) is 0 Å². The molecule has 1 saturated heterocycles. The number of nitrogens with zero attached hydrogens (tertiary/aromatic N) is 5. The van der Waals surface area contributed by atoms with E-state index in [1.807, 2.05) is 0 Å². The maximum absolute atomic E-state index is 14.9. The van der Waals surface area contributed by atoms with E-state index in [9.17, 15) is 42.1 Å². The van der Waals surface area contributed by atoms with Crippen molar-refractivity contribution in [1.29, 1.82) is 0 Å². The van der Waals surface area contributed by atoms with Crippen molar-refractivity contribution in [3.63, 3.8) is 0 Å². The van der Waals surface area contributed by atoms with Crippen molar-refractivity contribution in [3.8, 4) is 0 Å². The van der Waals surface area contributed by atoms with Crippen LogP contribution in [-0.2, 0) is 50.1 Å². The standard InChI is InChI=1S/C43H51N5O10S5/c1-34-6-16-39(17-7-34)59(49,50)44-26-28-45(60(51,52)40-18-8-35(2)9-19-40)30-32-47(62(55,56)42-22-12-37(4)13-23-42)48(63(57,58)43-24-14-38(5)15-25-43)33-31-46(29-27-44)61(53,54)41-20-10-36(3)11-21-41/h6-25H,26-33H2,1-5H3. The summed E-state index contributed by atoms with van der Waals surface area (Å²) < 4.78 is 151. The third-order valence-corrected chi connectivity index (χ3v) is 20.1. The van der Waals surface area contributed by atoms with Gasteiger partial charge >= 0.3 is 0 Å². The van der Waals surface area contributed by atoms with Crippen molar-refractivity contribution in [3.05, 3.63) is 149 Å². The quantitative estimate of drug-likeness (QED) is 0.186. The molecule has 0 atom stereocenters. The van der Waals surface area contributed by atoms with Crippen LogP contribution in [0.4, 0.5) is 0 Å². The van der Waals surface area contributed by atoms with E-state index in [1.165, 1.54) is 84.9 Å². The Balaban J connectivity index is 1.58. The first kappa shape index (κ1) is 48.1. The lowest BCUT2D eigenvalue weighted by Crippen LogP contribution is -2.54. The minimum atomic E-state index is -4.86. The lowest BCUT2D eigenvalue weighted by atomic mass is 10.2. The SMILES string of the molecule is Cc1ccc(S(=O)(=O)N2CCN(S(=O)(=O)c3ccc(C)cc3)CCN(S(=O)(=O)c3ccc(C)cc3)N(S(=O)(=O)c3ccc(C)cc3)CCN(S(=O)(=O)c3ccc(C)cc3)CC2)cc1. The van der Waals surface area contributed by atoms with Crippen LogP contribution < -0.4 is 0 Å². The maximum atomic E-state index is 14.9. The van der Waals surface area contributed by atoms with Gasteiger partial charge in [-0.2, -0.15) is 12.9 Å². The molecule has 0 bridgehead atoms. The Morgan fingerprint density at radius 3 is 0.603 bits per heavy atom. The van der Waals surface area contributed by atoms with Crippen molar-refractivity contribution in [2.45, 2.75) is 59.1 Å². The summed E-state index contributed by atoms with van der Waals surface area (Å²) in [5, 5.41) is 0. The highest BCUT2D eigenvalue weighted by Crippen LogP contribution is 2.28. The molecule has 0 aliphatic carbocycles. The van der Waals surface area contributed by atoms with E-state index < -0.39 is 102 Å². The smallest absolute Gasteiger partial charge is 0.207 e. The second-order valence-electron chi connectivity index (χ2n) is 15.4. The van der Waals surface area contributed by atoms with Crippen LogP contribution in [0.3, 0.4) is 0 Å². The maximum Gasteiger partial charge on any atom is 0.256 e. The van der Waals surface area contributed by atoms with Gasteiger partial charge in [-0.15, -0.1) is 8.83 Å². The van der Waals surface area contributed by atoms with Crippen molar-refractivity contribution in [1.82, 2.24) is 21.7 Å². The zero-order valence-electron chi connectivity index (χ0n) is 35.6. The summed E-state index contributed by atoms with van der Waals surface area (Å²) >= 11 is 0. The second-order valence-corrected chi connectivity index (χ2v) is 24.9. The van der Waals surface area contributed by atoms with Gasteiger partial charge in [0.25, 0.3) is 20.0 Å². The van der Waals surface area contributed by atoms with Gasteiger partial charge in [0.05, 0.1) is 24.5 Å². The number of sulfonamides is 5. The summed E-state index contributed by atoms with van der Waals surface area (Å²) in [7, 11) is -23.2. The molecule has 1 fully saturated rings. The molecular weight excluding hydrogens is 907 g/mol. The number of hydrogen-bond acceptors (Lipinski definition) is 10. The van der Waals surface area contributed by atoms with Gasteiger partial charge in [-0.25, -0.2) is 42.1 Å². The zero-order chi connectivity index (χ0) is 46.0. The first-order chi connectivity index (χ1) is 29.5. The average Bonchev–Trinajstić information content (AvgIpc) is 3.25. The third kappa shape index (κ3) is 10.6. The van der Waals surface area contributed by atoms with Gasteiger partial charge in [0, 0.05) is 52.4 Å².